The molecule has 1 fully saturated rings. The topological polar surface area (TPSA) is 100 Å². The number of ether oxygens (including phenoxy) is 2. The maximum Gasteiger partial charge on any atom is 0.407 e. The summed E-state index contributed by atoms with van der Waals surface area (Å²) in [5.74, 6) is 2.80. The van der Waals surface area contributed by atoms with Gasteiger partial charge in [-0.2, -0.15) is 0 Å². The van der Waals surface area contributed by atoms with E-state index in [-0.39, 0.29) is 6.04 Å². The number of aromatic nitrogens is 2. The minimum atomic E-state index is -0.949. The van der Waals surface area contributed by atoms with E-state index in [0.717, 1.165) is 44.7 Å². The number of rotatable bonds is 16. The third-order valence-electron chi connectivity index (χ3n) is 8.88. The maximum absolute atomic E-state index is 11.4. The van der Waals surface area contributed by atoms with Crippen molar-refractivity contribution in [2.24, 2.45) is 0 Å². The van der Waals surface area contributed by atoms with Crippen LogP contribution in [0, 0.1) is 6.92 Å². The number of carboxylic acid groups (broad SMARTS) is 1. The Morgan fingerprint density at radius 2 is 1.81 bits per heavy atom. The molecule has 0 spiro atoms. The van der Waals surface area contributed by atoms with Crippen LogP contribution in [0.25, 0.3) is 22.0 Å². The number of benzene rings is 2. The van der Waals surface area contributed by atoms with Crippen molar-refractivity contribution in [2.45, 2.75) is 77.8 Å². The SMILES string of the molecule is COc1cc2c(NC(C)c3cc(-c4ccccc4CN(C)C(=O)O)cs3)nc(C)nc2cc1OCCCCCCCN1CCCCC1. The van der Waals surface area contributed by atoms with E-state index in [1.54, 1.807) is 25.5 Å². The standard InChI is InChI=1S/C37H49N5O4S/c1-26(35-21-29(25-47-35)30-16-10-9-15-28(30)24-41(3)37(43)44)38-36-31-22-33(45-4)34(23-32(31)39-27(2)40-36)46-20-14-7-5-6-11-17-42-18-12-8-13-19-42/h9-10,15-16,21-23,25-26H,5-8,11-14,17-20,24H2,1-4H3,(H,43,44)(H,38,39,40). The number of amides is 1. The number of carbonyl (C=O) groups is 1. The molecule has 1 aliphatic rings. The van der Waals surface area contributed by atoms with Crippen molar-refractivity contribution in [1.29, 1.82) is 0 Å². The van der Waals surface area contributed by atoms with E-state index in [2.05, 4.69) is 28.6 Å². The molecule has 1 unspecified atom stereocenters. The fourth-order valence-corrected chi connectivity index (χ4v) is 7.14. The summed E-state index contributed by atoms with van der Waals surface area (Å²) in [5, 5.41) is 16.0. The molecule has 0 saturated carbocycles. The summed E-state index contributed by atoms with van der Waals surface area (Å²) >= 11 is 1.67. The smallest absolute Gasteiger partial charge is 0.407 e. The highest BCUT2D eigenvalue weighted by Crippen LogP contribution is 2.37. The normalized spacial score (nSPS) is 14.2. The Morgan fingerprint density at radius 1 is 1.04 bits per heavy atom. The van der Waals surface area contributed by atoms with Gasteiger partial charge in [0.15, 0.2) is 11.5 Å². The lowest BCUT2D eigenvalue weighted by Gasteiger charge is -2.26. The third-order valence-corrected chi connectivity index (χ3v) is 10.00. The number of fused-ring (bicyclic) bond motifs is 1. The van der Waals surface area contributed by atoms with Crippen molar-refractivity contribution in [3.63, 3.8) is 0 Å². The number of nitrogens with zero attached hydrogens (tertiary/aromatic N) is 4. The maximum atomic E-state index is 11.4. The van der Waals surface area contributed by atoms with Crippen LogP contribution < -0.4 is 14.8 Å². The predicted octanol–water partition coefficient (Wildman–Crippen LogP) is 8.77. The van der Waals surface area contributed by atoms with Crippen LogP contribution in [-0.2, 0) is 6.54 Å². The number of hydrogen-bond donors (Lipinski definition) is 2. The second-order valence-corrected chi connectivity index (χ2v) is 13.5. The molecule has 3 heterocycles. The molecular weight excluding hydrogens is 611 g/mol. The lowest BCUT2D eigenvalue weighted by Crippen LogP contribution is -2.30. The lowest BCUT2D eigenvalue weighted by molar-refractivity contribution is 0.154. The van der Waals surface area contributed by atoms with E-state index >= 15 is 0 Å². The van der Waals surface area contributed by atoms with Crippen LogP contribution in [0.3, 0.4) is 0 Å². The van der Waals surface area contributed by atoms with Crippen LogP contribution in [-0.4, -0.2) is 71.4 Å². The number of methoxy groups -OCH3 is 1. The molecule has 4 aromatic rings. The van der Waals surface area contributed by atoms with Crippen molar-refractivity contribution < 1.29 is 19.4 Å². The molecule has 10 heteroatoms. The second kappa shape index (κ2) is 16.8. The molecule has 252 valence electrons. The van der Waals surface area contributed by atoms with Gasteiger partial charge in [0.1, 0.15) is 11.6 Å². The molecule has 2 aromatic heterocycles. The number of piperidine rings is 1. The Kier molecular flexibility index (Phi) is 12.3. The average molecular weight is 660 g/mol. The van der Waals surface area contributed by atoms with Crippen molar-refractivity contribution in [3.05, 3.63) is 64.1 Å². The first-order chi connectivity index (χ1) is 22.8. The van der Waals surface area contributed by atoms with E-state index in [0.29, 0.717) is 30.5 Å². The van der Waals surface area contributed by atoms with Gasteiger partial charge < -0.3 is 29.7 Å². The molecule has 0 bridgehead atoms. The highest BCUT2D eigenvalue weighted by Gasteiger charge is 2.18. The van der Waals surface area contributed by atoms with Gasteiger partial charge >= 0.3 is 6.09 Å². The van der Waals surface area contributed by atoms with Crippen LogP contribution in [0.5, 0.6) is 11.5 Å². The monoisotopic (exact) mass is 659 g/mol. The molecule has 2 aromatic carbocycles. The van der Waals surface area contributed by atoms with E-state index in [1.807, 2.05) is 43.3 Å². The first-order valence-corrected chi connectivity index (χ1v) is 17.8. The van der Waals surface area contributed by atoms with Gasteiger partial charge in [-0.3, -0.25) is 0 Å². The summed E-state index contributed by atoms with van der Waals surface area (Å²) in [6.45, 7) is 8.80. The van der Waals surface area contributed by atoms with E-state index in [9.17, 15) is 9.90 Å². The molecule has 2 N–H and O–H groups in total. The van der Waals surface area contributed by atoms with E-state index in [1.165, 1.54) is 69.5 Å². The van der Waals surface area contributed by atoms with Gasteiger partial charge in [0, 0.05) is 29.9 Å². The minimum Gasteiger partial charge on any atom is -0.493 e. The van der Waals surface area contributed by atoms with Crippen LogP contribution in [0.1, 0.15) is 80.6 Å². The number of anilines is 1. The van der Waals surface area contributed by atoms with Gasteiger partial charge in [0.05, 0.1) is 25.3 Å². The summed E-state index contributed by atoms with van der Waals surface area (Å²) in [6.07, 6.45) is 9.17. The first-order valence-electron chi connectivity index (χ1n) is 16.9. The number of thiophene rings is 1. The van der Waals surface area contributed by atoms with E-state index < -0.39 is 6.09 Å². The zero-order chi connectivity index (χ0) is 33.2. The number of hydrogen-bond acceptors (Lipinski definition) is 8. The number of unbranched alkanes of at least 4 members (excludes halogenated alkanes) is 4. The molecule has 0 aliphatic carbocycles. The molecular formula is C37H49N5O4S. The van der Waals surface area contributed by atoms with Gasteiger partial charge in [-0.1, -0.05) is 49.9 Å². The predicted molar refractivity (Wildman–Crippen MR) is 191 cm³/mol. The zero-order valence-corrected chi connectivity index (χ0v) is 29.1. The Hall–Kier alpha value is -3.89. The summed E-state index contributed by atoms with van der Waals surface area (Å²) in [6, 6.07) is 14.0. The number of nitrogens with one attached hydrogen (secondary N) is 1. The first kappa shape index (κ1) is 34.4. The van der Waals surface area contributed by atoms with Gasteiger partial charge in [0.2, 0.25) is 0 Å². The summed E-state index contributed by atoms with van der Waals surface area (Å²) in [7, 11) is 3.25. The number of aryl methyl sites for hydroxylation is 1. The van der Waals surface area contributed by atoms with Crippen LogP contribution in [0.2, 0.25) is 0 Å². The summed E-state index contributed by atoms with van der Waals surface area (Å²) < 4.78 is 12.0. The zero-order valence-electron chi connectivity index (χ0n) is 28.3. The molecule has 1 aliphatic heterocycles. The molecule has 1 amide bonds. The van der Waals surface area contributed by atoms with Gasteiger partial charge in [0.25, 0.3) is 0 Å². The van der Waals surface area contributed by atoms with Crippen molar-refractivity contribution in [2.75, 3.05) is 45.7 Å². The van der Waals surface area contributed by atoms with Gasteiger partial charge in [-0.05, 0) is 93.4 Å². The fourth-order valence-electron chi connectivity index (χ4n) is 6.23. The molecule has 1 atom stereocenters. The van der Waals surface area contributed by atoms with Gasteiger partial charge in [-0.25, -0.2) is 14.8 Å². The highest BCUT2D eigenvalue weighted by atomic mass is 32.1. The lowest BCUT2D eigenvalue weighted by atomic mass is 10.0. The molecule has 9 nitrogen and oxygen atoms in total. The van der Waals surface area contributed by atoms with Crippen molar-refractivity contribution in [3.8, 4) is 22.6 Å². The third kappa shape index (κ3) is 9.35. The van der Waals surface area contributed by atoms with Crippen LogP contribution in [0.15, 0.2) is 47.8 Å². The molecule has 1 saturated heterocycles. The average Bonchev–Trinajstić information content (AvgIpc) is 3.57. The second-order valence-electron chi connectivity index (χ2n) is 12.6. The number of likely N-dealkylation sites (tertiary alicyclic amines) is 1. The Balaban J connectivity index is 1.20. The summed E-state index contributed by atoms with van der Waals surface area (Å²) in [5.41, 5.74) is 3.87. The molecule has 47 heavy (non-hydrogen) atoms. The quantitative estimate of drug-likeness (QED) is 0.115. The van der Waals surface area contributed by atoms with Crippen LogP contribution >= 0.6 is 11.3 Å². The van der Waals surface area contributed by atoms with Gasteiger partial charge in [-0.15, -0.1) is 11.3 Å². The highest BCUT2D eigenvalue weighted by molar-refractivity contribution is 7.10. The minimum absolute atomic E-state index is 0.0260. The Bertz CT molecular complexity index is 1620. The largest absolute Gasteiger partial charge is 0.493 e. The van der Waals surface area contributed by atoms with Crippen molar-refractivity contribution in [1.82, 2.24) is 19.8 Å². The van der Waals surface area contributed by atoms with Crippen molar-refractivity contribution >= 4 is 34.2 Å². The van der Waals surface area contributed by atoms with Crippen LogP contribution in [0.4, 0.5) is 10.6 Å². The Labute approximate surface area is 282 Å². The Morgan fingerprint density at radius 3 is 2.60 bits per heavy atom. The summed E-state index contributed by atoms with van der Waals surface area (Å²) in [4.78, 5) is 26.0. The fraction of sp³-hybridized carbons (Fsp3) is 0.486. The molecule has 5 rings (SSSR count). The molecule has 0 radical (unpaired) electrons. The van der Waals surface area contributed by atoms with E-state index in [4.69, 9.17) is 19.4 Å².